The van der Waals surface area contributed by atoms with Gasteiger partial charge in [0, 0.05) is 13.6 Å². The molecule has 3 N–H and O–H groups in total. The highest BCUT2D eigenvalue weighted by atomic mass is 16.3. The van der Waals surface area contributed by atoms with Gasteiger partial charge in [-0.05, 0) is 20.8 Å². The summed E-state index contributed by atoms with van der Waals surface area (Å²) in [5.74, 6) is -0.235. The monoisotopic (exact) mass is 240 g/mol. The number of hydrogen-bond acceptors (Lipinski definition) is 4. The van der Waals surface area contributed by atoms with E-state index in [1.54, 1.807) is 25.6 Å². The Kier molecular flexibility index (Phi) is 3.77. The zero-order chi connectivity index (χ0) is 13.2. The number of aliphatic hydroxyl groups excluding tert-OH is 1. The summed E-state index contributed by atoms with van der Waals surface area (Å²) < 4.78 is 1.56. The summed E-state index contributed by atoms with van der Waals surface area (Å²) in [7, 11) is 1.64. The average molecular weight is 240 g/mol. The number of likely N-dealkylation sites (N-methyl/N-ethyl adjacent to an activating group) is 1. The van der Waals surface area contributed by atoms with E-state index in [1.165, 1.54) is 11.1 Å². The Balaban J connectivity index is 3.08. The van der Waals surface area contributed by atoms with Crippen LogP contribution < -0.4 is 5.73 Å². The molecule has 0 saturated heterocycles. The van der Waals surface area contributed by atoms with Crippen molar-refractivity contribution in [2.24, 2.45) is 0 Å². The number of aryl methyl sites for hydroxylation is 1. The maximum Gasteiger partial charge on any atom is 0.274 e. The van der Waals surface area contributed by atoms with Gasteiger partial charge in [-0.3, -0.25) is 9.48 Å². The van der Waals surface area contributed by atoms with Gasteiger partial charge in [-0.2, -0.15) is 5.10 Å². The van der Waals surface area contributed by atoms with E-state index in [1.807, 2.05) is 6.92 Å². The van der Waals surface area contributed by atoms with Crippen molar-refractivity contribution in [2.45, 2.75) is 32.9 Å². The third-order valence-electron chi connectivity index (χ3n) is 2.97. The lowest BCUT2D eigenvalue weighted by molar-refractivity contribution is 0.0463. The maximum atomic E-state index is 12.3. The molecule has 1 aromatic heterocycles. The molecule has 0 unspecified atom stereocenters. The Bertz CT molecular complexity index is 412. The third kappa shape index (κ3) is 2.41. The lowest BCUT2D eigenvalue weighted by Crippen LogP contribution is -2.48. The molecule has 1 heterocycles. The molecule has 17 heavy (non-hydrogen) atoms. The van der Waals surface area contributed by atoms with Gasteiger partial charge in [0.05, 0.1) is 24.0 Å². The van der Waals surface area contributed by atoms with Crippen LogP contribution in [0.2, 0.25) is 0 Å². The predicted molar refractivity (Wildman–Crippen MR) is 65.6 cm³/mol. The average Bonchev–Trinajstić information content (AvgIpc) is 2.68. The van der Waals surface area contributed by atoms with E-state index in [9.17, 15) is 9.90 Å². The lowest BCUT2D eigenvalue weighted by Gasteiger charge is -2.34. The van der Waals surface area contributed by atoms with Crippen LogP contribution in [0.5, 0.6) is 0 Å². The molecule has 0 aliphatic heterocycles. The second-order valence-electron chi connectivity index (χ2n) is 4.60. The fourth-order valence-electron chi connectivity index (χ4n) is 1.41. The van der Waals surface area contributed by atoms with Crippen LogP contribution in [-0.2, 0) is 6.54 Å². The summed E-state index contributed by atoms with van der Waals surface area (Å²) in [6.45, 7) is 5.92. The number of nitrogens with two attached hydrogens (primary N) is 1. The molecule has 1 rings (SSSR count). The Morgan fingerprint density at radius 3 is 2.71 bits per heavy atom. The highest BCUT2D eigenvalue weighted by molar-refractivity contribution is 5.97. The van der Waals surface area contributed by atoms with E-state index in [4.69, 9.17) is 5.73 Å². The zero-order valence-electron chi connectivity index (χ0n) is 10.8. The highest BCUT2D eigenvalue weighted by Crippen LogP contribution is 2.19. The Labute approximate surface area is 101 Å². The smallest absolute Gasteiger partial charge is 0.274 e. The van der Waals surface area contributed by atoms with Crippen molar-refractivity contribution < 1.29 is 9.90 Å². The maximum absolute atomic E-state index is 12.3. The molecule has 0 aromatic carbocycles. The summed E-state index contributed by atoms with van der Waals surface area (Å²) in [4.78, 5) is 13.8. The van der Waals surface area contributed by atoms with Crippen molar-refractivity contribution >= 4 is 11.6 Å². The first-order chi connectivity index (χ1) is 7.85. The van der Waals surface area contributed by atoms with Crippen LogP contribution >= 0.6 is 0 Å². The fourth-order valence-corrected chi connectivity index (χ4v) is 1.41. The number of aromatic nitrogens is 2. The van der Waals surface area contributed by atoms with Gasteiger partial charge in [-0.15, -0.1) is 0 Å². The minimum absolute atomic E-state index is 0.116. The number of anilines is 1. The van der Waals surface area contributed by atoms with Gasteiger partial charge in [0.15, 0.2) is 0 Å². The van der Waals surface area contributed by atoms with Crippen molar-refractivity contribution in [3.8, 4) is 0 Å². The van der Waals surface area contributed by atoms with Crippen molar-refractivity contribution in [3.63, 3.8) is 0 Å². The molecule has 1 amide bonds. The van der Waals surface area contributed by atoms with E-state index in [0.717, 1.165) is 0 Å². The Morgan fingerprint density at radius 2 is 2.24 bits per heavy atom. The summed E-state index contributed by atoms with van der Waals surface area (Å²) in [6.07, 6.45) is 1.47. The summed E-state index contributed by atoms with van der Waals surface area (Å²) in [5, 5.41) is 13.3. The molecule has 0 aliphatic carbocycles. The van der Waals surface area contributed by atoms with E-state index in [2.05, 4.69) is 5.10 Å². The molecule has 1 aromatic rings. The van der Waals surface area contributed by atoms with Gasteiger partial charge in [0.2, 0.25) is 0 Å². The van der Waals surface area contributed by atoms with E-state index in [-0.39, 0.29) is 12.5 Å². The number of nitrogen functional groups attached to an aromatic ring is 1. The SMILES string of the molecule is CCn1ncc(N)c1C(=O)N(C)C(C)(C)CO. The lowest BCUT2D eigenvalue weighted by atomic mass is 10.0. The minimum atomic E-state index is -0.633. The molecular formula is C11H20N4O2. The fraction of sp³-hybridized carbons (Fsp3) is 0.636. The summed E-state index contributed by atoms with van der Waals surface area (Å²) in [6, 6.07) is 0. The Morgan fingerprint density at radius 1 is 1.65 bits per heavy atom. The molecule has 0 radical (unpaired) electrons. The summed E-state index contributed by atoms with van der Waals surface area (Å²) in [5.41, 5.74) is 5.84. The van der Waals surface area contributed by atoms with E-state index in [0.29, 0.717) is 17.9 Å². The Hall–Kier alpha value is -1.56. The molecule has 0 bridgehead atoms. The van der Waals surface area contributed by atoms with Crippen LogP contribution in [0.3, 0.4) is 0 Å². The molecule has 0 spiro atoms. The molecule has 0 atom stereocenters. The van der Waals surface area contributed by atoms with Gasteiger partial charge in [0.25, 0.3) is 5.91 Å². The van der Waals surface area contributed by atoms with Crippen LogP contribution in [0.4, 0.5) is 5.69 Å². The normalized spacial score (nSPS) is 11.6. The van der Waals surface area contributed by atoms with Crippen LogP contribution in [0.25, 0.3) is 0 Å². The van der Waals surface area contributed by atoms with Crippen LogP contribution in [0, 0.1) is 0 Å². The zero-order valence-corrected chi connectivity index (χ0v) is 10.8. The second-order valence-corrected chi connectivity index (χ2v) is 4.60. The van der Waals surface area contributed by atoms with Crippen molar-refractivity contribution in [1.82, 2.24) is 14.7 Å². The van der Waals surface area contributed by atoms with Gasteiger partial charge < -0.3 is 15.7 Å². The molecule has 0 aliphatic rings. The van der Waals surface area contributed by atoms with Gasteiger partial charge in [-0.1, -0.05) is 0 Å². The van der Waals surface area contributed by atoms with Gasteiger partial charge in [0.1, 0.15) is 5.69 Å². The van der Waals surface area contributed by atoms with Gasteiger partial charge >= 0.3 is 0 Å². The molecule has 96 valence electrons. The van der Waals surface area contributed by atoms with Crippen molar-refractivity contribution in [3.05, 3.63) is 11.9 Å². The number of nitrogens with zero attached hydrogens (tertiary/aromatic N) is 3. The van der Waals surface area contributed by atoms with Crippen LogP contribution in [0.1, 0.15) is 31.3 Å². The number of carbonyl (C=O) groups is 1. The number of rotatable bonds is 4. The van der Waals surface area contributed by atoms with Crippen molar-refractivity contribution in [2.75, 3.05) is 19.4 Å². The highest BCUT2D eigenvalue weighted by Gasteiger charge is 2.30. The molecule has 0 saturated carbocycles. The van der Waals surface area contributed by atoms with Crippen LogP contribution in [0.15, 0.2) is 6.20 Å². The molecule has 0 fully saturated rings. The topological polar surface area (TPSA) is 84.4 Å². The summed E-state index contributed by atoms with van der Waals surface area (Å²) >= 11 is 0. The first-order valence-corrected chi connectivity index (χ1v) is 5.55. The molecule has 6 nitrogen and oxygen atoms in total. The first-order valence-electron chi connectivity index (χ1n) is 5.55. The van der Waals surface area contributed by atoms with E-state index >= 15 is 0 Å². The molecule has 6 heteroatoms. The number of hydrogen-bond donors (Lipinski definition) is 2. The number of amides is 1. The molecular weight excluding hydrogens is 220 g/mol. The standard InChI is InChI=1S/C11H20N4O2/c1-5-15-9(8(12)6-13-15)10(17)14(4)11(2,3)7-16/h6,16H,5,7,12H2,1-4H3. The largest absolute Gasteiger partial charge is 0.396 e. The third-order valence-corrected chi connectivity index (χ3v) is 2.97. The van der Waals surface area contributed by atoms with Crippen molar-refractivity contribution in [1.29, 1.82) is 0 Å². The van der Waals surface area contributed by atoms with Crippen LogP contribution in [-0.4, -0.2) is 44.9 Å². The second kappa shape index (κ2) is 4.75. The minimum Gasteiger partial charge on any atom is -0.396 e. The predicted octanol–water partition coefficient (Wildman–Crippen LogP) is 0.328. The van der Waals surface area contributed by atoms with E-state index < -0.39 is 5.54 Å². The first kappa shape index (κ1) is 13.5. The number of aliphatic hydroxyl groups is 1. The number of carbonyl (C=O) groups excluding carboxylic acids is 1. The quantitative estimate of drug-likeness (QED) is 0.794. The van der Waals surface area contributed by atoms with Gasteiger partial charge in [-0.25, -0.2) is 0 Å².